The van der Waals surface area contributed by atoms with Crippen molar-refractivity contribution in [2.45, 2.75) is 70.5 Å². The Kier molecular flexibility index (Phi) is 4.63. The minimum Gasteiger partial charge on any atom is -0.393 e. The first kappa shape index (κ1) is 13.1. The number of aliphatic hydroxyl groups excluding tert-OH is 2. The monoisotopic (exact) mass is 238 g/mol. The first-order valence-electron chi connectivity index (χ1n) is 7.23. The standard InChI is InChI=1S/C15H26O2/c1-2-15(11-3-7-13(16)8-4-11)12-5-9-14(17)10-6-12/h2,11-14,16-17H,3-10H2,1H3. The number of allylic oxidation sites excluding steroid dienone is 2. The summed E-state index contributed by atoms with van der Waals surface area (Å²) in [6.45, 7) is 2.16. The van der Waals surface area contributed by atoms with Crippen LogP contribution in [0.3, 0.4) is 0 Å². The van der Waals surface area contributed by atoms with E-state index < -0.39 is 0 Å². The van der Waals surface area contributed by atoms with Crippen molar-refractivity contribution < 1.29 is 10.2 Å². The van der Waals surface area contributed by atoms with E-state index in [0.29, 0.717) is 11.8 Å². The molecule has 0 atom stereocenters. The predicted molar refractivity (Wildman–Crippen MR) is 69.7 cm³/mol. The molecule has 0 bridgehead atoms. The first-order valence-corrected chi connectivity index (χ1v) is 7.23. The molecule has 2 N–H and O–H groups in total. The second-order valence-electron chi connectivity index (χ2n) is 5.80. The quantitative estimate of drug-likeness (QED) is 0.726. The summed E-state index contributed by atoms with van der Waals surface area (Å²) in [7, 11) is 0. The van der Waals surface area contributed by atoms with Crippen molar-refractivity contribution in [2.75, 3.05) is 0 Å². The lowest BCUT2D eigenvalue weighted by Crippen LogP contribution is -2.26. The van der Waals surface area contributed by atoms with Gasteiger partial charge in [0.2, 0.25) is 0 Å². The van der Waals surface area contributed by atoms with Crippen molar-refractivity contribution in [3.05, 3.63) is 11.6 Å². The Hall–Kier alpha value is -0.340. The molecule has 0 aromatic heterocycles. The maximum Gasteiger partial charge on any atom is 0.0540 e. The minimum atomic E-state index is -0.0578. The Morgan fingerprint density at radius 2 is 1.12 bits per heavy atom. The molecular formula is C15H26O2. The highest BCUT2D eigenvalue weighted by molar-refractivity contribution is 5.12. The molecule has 0 heterocycles. The molecule has 2 rings (SSSR count). The smallest absolute Gasteiger partial charge is 0.0540 e. The van der Waals surface area contributed by atoms with E-state index in [0.717, 1.165) is 51.4 Å². The van der Waals surface area contributed by atoms with Crippen molar-refractivity contribution in [3.63, 3.8) is 0 Å². The average Bonchev–Trinajstić information content (AvgIpc) is 2.35. The normalized spacial score (nSPS) is 38.8. The molecule has 2 aliphatic rings. The van der Waals surface area contributed by atoms with Gasteiger partial charge < -0.3 is 10.2 Å². The molecule has 2 saturated carbocycles. The zero-order valence-electron chi connectivity index (χ0n) is 10.9. The van der Waals surface area contributed by atoms with E-state index in [-0.39, 0.29) is 12.2 Å². The zero-order valence-corrected chi connectivity index (χ0v) is 10.9. The van der Waals surface area contributed by atoms with Gasteiger partial charge in [0.15, 0.2) is 0 Å². The summed E-state index contributed by atoms with van der Waals surface area (Å²) < 4.78 is 0. The summed E-state index contributed by atoms with van der Waals surface area (Å²) >= 11 is 0. The molecule has 2 heteroatoms. The highest BCUT2D eigenvalue weighted by atomic mass is 16.3. The first-order chi connectivity index (χ1) is 8.20. The molecule has 0 radical (unpaired) electrons. The Bertz CT molecular complexity index is 232. The van der Waals surface area contributed by atoms with Gasteiger partial charge in [-0.3, -0.25) is 0 Å². The van der Waals surface area contributed by atoms with Crippen molar-refractivity contribution >= 4 is 0 Å². The zero-order chi connectivity index (χ0) is 12.3. The van der Waals surface area contributed by atoms with E-state index in [1.807, 2.05) is 0 Å². The number of aliphatic hydroxyl groups is 2. The number of hydrogen-bond acceptors (Lipinski definition) is 2. The topological polar surface area (TPSA) is 40.5 Å². The van der Waals surface area contributed by atoms with Gasteiger partial charge in [-0.15, -0.1) is 0 Å². The highest BCUT2D eigenvalue weighted by Crippen LogP contribution is 2.39. The van der Waals surface area contributed by atoms with Crippen LogP contribution in [0.5, 0.6) is 0 Å². The molecule has 2 aliphatic carbocycles. The lowest BCUT2D eigenvalue weighted by molar-refractivity contribution is 0.100. The molecule has 2 nitrogen and oxygen atoms in total. The summed E-state index contributed by atoms with van der Waals surface area (Å²) in [6, 6.07) is 0. The average molecular weight is 238 g/mol. The predicted octanol–water partition coefficient (Wildman–Crippen LogP) is 3.03. The fourth-order valence-electron chi connectivity index (χ4n) is 3.62. The van der Waals surface area contributed by atoms with Gasteiger partial charge in [0.05, 0.1) is 12.2 Å². The molecule has 17 heavy (non-hydrogen) atoms. The van der Waals surface area contributed by atoms with Crippen molar-refractivity contribution in [2.24, 2.45) is 11.8 Å². The summed E-state index contributed by atoms with van der Waals surface area (Å²) in [5, 5.41) is 19.1. The largest absolute Gasteiger partial charge is 0.393 e. The third kappa shape index (κ3) is 3.32. The van der Waals surface area contributed by atoms with E-state index in [1.165, 1.54) is 0 Å². The van der Waals surface area contributed by atoms with Crippen LogP contribution in [0.1, 0.15) is 58.3 Å². The van der Waals surface area contributed by atoms with Gasteiger partial charge in [-0.2, -0.15) is 0 Å². The van der Waals surface area contributed by atoms with Crippen molar-refractivity contribution in [1.82, 2.24) is 0 Å². The van der Waals surface area contributed by atoms with Gasteiger partial charge in [-0.25, -0.2) is 0 Å². The summed E-state index contributed by atoms with van der Waals surface area (Å²) in [6.07, 6.45) is 10.7. The van der Waals surface area contributed by atoms with Gasteiger partial charge in [-0.05, 0) is 70.1 Å². The molecule has 0 aliphatic heterocycles. The number of hydrogen-bond donors (Lipinski definition) is 2. The molecule has 98 valence electrons. The van der Waals surface area contributed by atoms with Crippen LogP contribution in [0.4, 0.5) is 0 Å². The van der Waals surface area contributed by atoms with Gasteiger partial charge in [0.1, 0.15) is 0 Å². The van der Waals surface area contributed by atoms with Crippen LogP contribution in [0, 0.1) is 11.8 Å². The van der Waals surface area contributed by atoms with Gasteiger partial charge in [0, 0.05) is 0 Å². The second-order valence-corrected chi connectivity index (χ2v) is 5.80. The third-order valence-corrected chi connectivity index (χ3v) is 4.67. The molecule has 0 spiro atoms. The van der Waals surface area contributed by atoms with E-state index in [1.54, 1.807) is 5.57 Å². The second kappa shape index (κ2) is 6.01. The van der Waals surface area contributed by atoms with Crippen LogP contribution in [0.2, 0.25) is 0 Å². The Balaban J connectivity index is 1.92. The van der Waals surface area contributed by atoms with E-state index >= 15 is 0 Å². The Morgan fingerprint density at radius 3 is 1.41 bits per heavy atom. The van der Waals surface area contributed by atoms with Crippen LogP contribution in [0.25, 0.3) is 0 Å². The van der Waals surface area contributed by atoms with Crippen molar-refractivity contribution in [1.29, 1.82) is 0 Å². The van der Waals surface area contributed by atoms with Crippen molar-refractivity contribution in [3.8, 4) is 0 Å². The van der Waals surface area contributed by atoms with Gasteiger partial charge in [0.25, 0.3) is 0 Å². The maximum absolute atomic E-state index is 9.57. The Morgan fingerprint density at radius 1 is 0.765 bits per heavy atom. The van der Waals surface area contributed by atoms with E-state index in [9.17, 15) is 10.2 Å². The summed E-state index contributed by atoms with van der Waals surface area (Å²) in [4.78, 5) is 0. The van der Waals surface area contributed by atoms with E-state index in [4.69, 9.17) is 0 Å². The fourth-order valence-corrected chi connectivity index (χ4v) is 3.62. The maximum atomic E-state index is 9.57. The molecule has 0 saturated heterocycles. The van der Waals surface area contributed by atoms with Gasteiger partial charge in [-0.1, -0.05) is 11.6 Å². The molecular weight excluding hydrogens is 212 g/mol. The highest BCUT2D eigenvalue weighted by Gasteiger charge is 2.29. The van der Waals surface area contributed by atoms with Crippen LogP contribution in [-0.2, 0) is 0 Å². The lowest BCUT2D eigenvalue weighted by Gasteiger charge is -2.34. The fraction of sp³-hybridized carbons (Fsp3) is 0.867. The summed E-state index contributed by atoms with van der Waals surface area (Å²) in [5.41, 5.74) is 1.61. The SMILES string of the molecule is CC=C(C1CCC(O)CC1)C1CCC(O)CC1. The Labute approximate surface area is 105 Å². The third-order valence-electron chi connectivity index (χ3n) is 4.67. The van der Waals surface area contributed by atoms with Gasteiger partial charge >= 0.3 is 0 Å². The van der Waals surface area contributed by atoms with E-state index in [2.05, 4.69) is 13.0 Å². The van der Waals surface area contributed by atoms with Crippen LogP contribution in [-0.4, -0.2) is 22.4 Å². The molecule has 2 fully saturated rings. The molecule has 0 aromatic rings. The molecule has 0 amide bonds. The molecule has 0 aromatic carbocycles. The van der Waals surface area contributed by atoms with Crippen LogP contribution < -0.4 is 0 Å². The van der Waals surface area contributed by atoms with Crippen LogP contribution >= 0.6 is 0 Å². The number of rotatable bonds is 2. The molecule has 0 unspecified atom stereocenters. The lowest BCUT2D eigenvalue weighted by atomic mass is 9.73. The minimum absolute atomic E-state index is 0.0578. The van der Waals surface area contributed by atoms with Crippen LogP contribution in [0.15, 0.2) is 11.6 Å². The summed E-state index contributed by atoms with van der Waals surface area (Å²) in [5.74, 6) is 1.40.